The summed E-state index contributed by atoms with van der Waals surface area (Å²) in [5.41, 5.74) is 0.333. The Morgan fingerprint density at radius 2 is 1.95 bits per heavy atom. The Bertz CT molecular complexity index is 523. The Morgan fingerprint density at radius 3 is 2.55 bits per heavy atom. The van der Waals surface area contributed by atoms with Crippen molar-refractivity contribution < 1.29 is 28.2 Å². The number of benzene rings is 1. The summed E-state index contributed by atoms with van der Waals surface area (Å²) in [5.74, 6) is -1.89. The fraction of sp³-hybridized carbons (Fsp3) is 0.357. The molecule has 0 aliphatic carbocycles. The lowest BCUT2D eigenvalue weighted by molar-refractivity contribution is -0.160. The van der Waals surface area contributed by atoms with E-state index < -0.39 is 23.9 Å². The molecule has 106 valence electrons. The quantitative estimate of drug-likeness (QED) is 0.606. The van der Waals surface area contributed by atoms with Crippen molar-refractivity contribution in [1.29, 1.82) is 0 Å². The van der Waals surface area contributed by atoms with Crippen molar-refractivity contribution in [3.63, 3.8) is 0 Å². The third kappa shape index (κ3) is 3.63. The zero-order valence-corrected chi connectivity index (χ0v) is 10.6. The maximum atomic E-state index is 12.7. The van der Waals surface area contributed by atoms with Crippen molar-refractivity contribution in [1.82, 2.24) is 0 Å². The predicted octanol–water partition coefficient (Wildman–Crippen LogP) is 1.65. The standard InChI is InChI=1S/C14H13FO5/c15-10-3-1-9(2-4-10)11(16)5-6-13(17)20-12-7-8-19-14(12)18/h1-4,12H,5-8H2/t12-/m1/s1. The Labute approximate surface area is 114 Å². The number of Topliss-reactive ketones (excluding diaryl/α,β-unsaturated/α-hetero) is 1. The molecule has 0 saturated carbocycles. The van der Waals surface area contributed by atoms with E-state index in [-0.39, 0.29) is 25.2 Å². The van der Waals surface area contributed by atoms with Crippen molar-refractivity contribution in [2.45, 2.75) is 25.4 Å². The van der Waals surface area contributed by atoms with Crippen molar-refractivity contribution in [2.24, 2.45) is 0 Å². The van der Waals surface area contributed by atoms with E-state index >= 15 is 0 Å². The molecular weight excluding hydrogens is 267 g/mol. The van der Waals surface area contributed by atoms with E-state index in [9.17, 15) is 18.8 Å². The summed E-state index contributed by atoms with van der Waals surface area (Å²) in [5, 5.41) is 0. The van der Waals surface area contributed by atoms with Crippen LogP contribution in [0, 0.1) is 5.82 Å². The average Bonchev–Trinajstić information content (AvgIpc) is 2.82. The zero-order chi connectivity index (χ0) is 14.5. The van der Waals surface area contributed by atoms with Crippen LogP contribution < -0.4 is 0 Å². The summed E-state index contributed by atoms with van der Waals surface area (Å²) in [7, 11) is 0. The van der Waals surface area contributed by atoms with Crippen LogP contribution in [0.5, 0.6) is 0 Å². The second-order valence-corrected chi connectivity index (χ2v) is 4.36. The van der Waals surface area contributed by atoms with Crippen LogP contribution in [-0.4, -0.2) is 30.4 Å². The molecule has 0 bridgehead atoms. The fourth-order valence-corrected chi connectivity index (χ4v) is 1.80. The van der Waals surface area contributed by atoms with Crippen molar-refractivity contribution in [3.8, 4) is 0 Å². The fourth-order valence-electron chi connectivity index (χ4n) is 1.80. The van der Waals surface area contributed by atoms with Gasteiger partial charge in [0.05, 0.1) is 13.0 Å². The van der Waals surface area contributed by atoms with Crippen LogP contribution in [0.25, 0.3) is 0 Å². The van der Waals surface area contributed by atoms with Crippen LogP contribution in [0.1, 0.15) is 29.6 Å². The van der Waals surface area contributed by atoms with Crippen LogP contribution in [0.4, 0.5) is 4.39 Å². The number of cyclic esters (lactones) is 1. The molecule has 1 aliphatic rings. The molecule has 0 amide bonds. The molecule has 1 saturated heterocycles. The van der Waals surface area contributed by atoms with E-state index in [0.29, 0.717) is 12.0 Å². The number of carbonyl (C=O) groups is 3. The predicted molar refractivity (Wildman–Crippen MR) is 65.4 cm³/mol. The molecule has 0 spiro atoms. The number of esters is 2. The first-order valence-electron chi connectivity index (χ1n) is 6.21. The zero-order valence-electron chi connectivity index (χ0n) is 10.6. The van der Waals surface area contributed by atoms with Gasteiger partial charge in [-0.15, -0.1) is 0 Å². The number of carbonyl (C=O) groups excluding carboxylic acids is 3. The first-order chi connectivity index (χ1) is 9.56. The SMILES string of the molecule is O=C(CCC(=O)c1ccc(F)cc1)O[C@@H]1CCOC1=O. The van der Waals surface area contributed by atoms with Gasteiger partial charge in [-0.1, -0.05) is 0 Å². The molecule has 0 radical (unpaired) electrons. The number of hydrogen-bond donors (Lipinski definition) is 0. The summed E-state index contributed by atoms with van der Waals surface area (Å²) in [6.45, 7) is 0.241. The monoisotopic (exact) mass is 280 g/mol. The number of rotatable bonds is 5. The smallest absolute Gasteiger partial charge is 0.347 e. The first kappa shape index (κ1) is 14.2. The van der Waals surface area contributed by atoms with E-state index in [1.807, 2.05) is 0 Å². The molecule has 20 heavy (non-hydrogen) atoms. The summed E-state index contributed by atoms with van der Waals surface area (Å²) in [4.78, 5) is 34.3. The summed E-state index contributed by atoms with van der Waals surface area (Å²) < 4.78 is 22.3. The maximum absolute atomic E-state index is 12.7. The summed E-state index contributed by atoms with van der Waals surface area (Å²) in [6.07, 6.45) is -0.689. The molecule has 1 fully saturated rings. The lowest BCUT2D eigenvalue weighted by Crippen LogP contribution is -2.22. The average molecular weight is 280 g/mol. The Morgan fingerprint density at radius 1 is 1.25 bits per heavy atom. The van der Waals surface area contributed by atoms with Gasteiger partial charge >= 0.3 is 11.9 Å². The van der Waals surface area contributed by atoms with Crippen LogP contribution in [0.2, 0.25) is 0 Å². The molecule has 1 aromatic rings. The van der Waals surface area contributed by atoms with Crippen molar-refractivity contribution in [3.05, 3.63) is 35.6 Å². The van der Waals surface area contributed by atoms with Gasteiger partial charge in [0, 0.05) is 18.4 Å². The molecule has 1 atom stereocenters. The van der Waals surface area contributed by atoms with Gasteiger partial charge < -0.3 is 9.47 Å². The molecule has 5 nitrogen and oxygen atoms in total. The molecule has 0 unspecified atom stereocenters. The van der Waals surface area contributed by atoms with Gasteiger partial charge in [0.15, 0.2) is 5.78 Å². The third-order valence-electron chi connectivity index (χ3n) is 2.88. The topological polar surface area (TPSA) is 69.7 Å². The molecule has 6 heteroatoms. The molecule has 1 heterocycles. The minimum Gasteiger partial charge on any atom is -0.463 e. The first-order valence-corrected chi connectivity index (χ1v) is 6.21. The van der Waals surface area contributed by atoms with Crippen LogP contribution in [0.3, 0.4) is 0 Å². The molecular formula is C14H13FO5. The van der Waals surface area contributed by atoms with E-state index in [1.165, 1.54) is 24.3 Å². The normalized spacial score (nSPS) is 17.6. The Kier molecular flexibility index (Phi) is 4.45. The Hall–Kier alpha value is -2.24. The van der Waals surface area contributed by atoms with E-state index in [4.69, 9.17) is 4.74 Å². The molecule has 0 aromatic heterocycles. The highest BCUT2D eigenvalue weighted by Crippen LogP contribution is 2.13. The highest BCUT2D eigenvalue weighted by atomic mass is 19.1. The highest BCUT2D eigenvalue weighted by molar-refractivity contribution is 5.97. The third-order valence-corrected chi connectivity index (χ3v) is 2.88. The van der Waals surface area contributed by atoms with Gasteiger partial charge in [0.1, 0.15) is 5.82 Å². The van der Waals surface area contributed by atoms with E-state index in [2.05, 4.69) is 4.74 Å². The Balaban J connectivity index is 1.79. The number of halogens is 1. The van der Waals surface area contributed by atoms with Gasteiger partial charge in [-0.3, -0.25) is 9.59 Å². The highest BCUT2D eigenvalue weighted by Gasteiger charge is 2.30. The second kappa shape index (κ2) is 6.27. The molecule has 0 N–H and O–H groups in total. The molecule has 1 aliphatic heterocycles. The molecule has 2 rings (SSSR count). The maximum Gasteiger partial charge on any atom is 0.347 e. The van der Waals surface area contributed by atoms with E-state index in [0.717, 1.165) is 0 Å². The van der Waals surface area contributed by atoms with Crippen molar-refractivity contribution in [2.75, 3.05) is 6.61 Å². The van der Waals surface area contributed by atoms with Gasteiger partial charge in [0.25, 0.3) is 0 Å². The lowest BCUT2D eigenvalue weighted by Gasteiger charge is -2.07. The minimum atomic E-state index is -0.858. The summed E-state index contributed by atoms with van der Waals surface area (Å²) in [6, 6.07) is 5.08. The number of ether oxygens (including phenoxy) is 2. The summed E-state index contributed by atoms with van der Waals surface area (Å²) >= 11 is 0. The number of ketones is 1. The van der Waals surface area contributed by atoms with Gasteiger partial charge in [0.2, 0.25) is 6.10 Å². The van der Waals surface area contributed by atoms with Crippen LogP contribution >= 0.6 is 0 Å². The lowest BCUT2D eigenvalue weighted by atomic mass is 10.1. The largest absolute Gasteiger partial charge is 0.463 e. The van der Waals surface area contributed by atoms with Crippen LogP contribution in [-0.2, 0) is 19.1 Å². The number of hydrogen-bond acceptors (Lipinski definition) is 5. The molecule has 1 aromatic carbocycles. The van der Waals surface area contributed by atoms with Gasteiger partial charge in [-0.2, -0.15) is 0 Å². The van der Waals surface area contributed by atoms with Crippen LogP contribution in [0.15, 0.2) is 24.3 Å². The minimum absolute atomic E-state index is 0.0494. The second-order valence-electron chi connectivity index (χ2n) is 4.36. The van der Waals surface area contributed by atoms with Gasteiger partial charge in [-0.25, -0.2) is 9.18 Å². The van der Waals surface area contributed by atoms with Crippen molar-refractivity contribution >= 4 is 17.7 Å². The van der Waals surface area contributed by atoms with Gasteiger partial charge in [-0.05, 0) is 24.3 Å². The van der Waals surface area contributed by atoms with E-state index in [1.54, 1.807) is 0 Å².